The lowest BCUT2D eigenvalue weighted by molar-refractivity contribution is -0.140. The van der Waals surface area contributed by atoms with Gasteiger partial charge in [0, 0.05) is 0 Å². The first-order chi connectivity index (χ1) is 11.9. The summed E-state index contributed by atoms with van der Waals surface area (Å²) in [6.07, 6.45) is 5.19. The number of nitrogens with one attached hydrogen (secondary N) is 3. The van der Waals surface area contributed by atoms with Crippen LogP contribution in [0.4, 0.5) is 4.79 Å². The Labute approximate surface area is 144 Å². The highest BCUT2D eigenvalue weighted by atomic mass is 16.3. The van der Waals surface area contributed by atoms with Gasteiger partial charge in [-0.15, -0.1) is 0 Å². The Bertz CT molecular complexity index is 693. The molecule has 9 heteroatoms. The number of hydrazine groups is 1. The van der Waals surface area contributed by atoms with Gasteiger partial charge in [-0.2, -0.15) is 5.01 Å². The molecule has 5 amide bonds. The lowest BCUT2D eigenvalue weighted by Gasteiger charge is -2.30. The van der Waals surface area contributed by atoms with Gasteiger partial charge in [-0.25, -0.2) is 4.79 Å². The van der Waals surface area contributed by atoms with E-state index in [1.54, 1.807) is 6.07 Å². The van der Waals surface area contributed by atoms with E-state index in [4.69, 9.17) is 4.42 Å². The Balaban J connectivity index is 1.61. The predicted octanol–water partition coefficient (Wildman–Crippen LogP) is 0.684. The maximum Gasteiger partial charge on any atom is 0.344 e. The van der Waals surface area contributed by atoms with Crippen LogP contribution < -0.4 is 16.1 Å². The van der Waals surface area contributed by atoms with E-state index in [-0.39, 0.29) is 5.76 Å². The molecule has 0 bridgehead atoms. The molecule has 1 aromatic heterocycles. The second-order valence-corrected chi connectivity index (χ2v) is 6.36. The Morgan fingerprint density at radius 3 is 2.64 bits per heavy atom. The zero-order valence-corrected chi connectivity index (χ0v) is 13.8. The van der Waals surface area contributed by atoms with Crippen molar-refractivity contribution in [3.63, 3.8) is 0 Å². The predicted molar refractivity (Wildman–Crippen MR) is 85.0 cm³/mol. The third-order valence-electron chi connectivity index (χ3n) is 4.58. The molecule has 134 valence electrons. The summed E-state index contributed by atoms with van der Waals surface area (Å²) in [6, 6.07) is 1.41. The van der Waals surface area contributed by atoms with Gasteiger partial charge in [-0.05, 0) is 31.9 Å². The van der Waals surface area contributed by atoms with Crippen LogP contribution in [-0.2, 0) is 9.59 Å². The van der Waals surface area contributed by atoms with Crippen molar-refractivity contribution in [2.45, 2.75) is 50.6 Å². The number of hydrogen-bond acceptors (Lipinski definition) is 5. The summed E-state index contributed by atoms with van der Waals surface area (Å²) in [5.74, 6) is -1.62. The van der Waals surface area contributed by atoms with Gasteiger partial charge in [-0.1, -0.05) is 19.3 Å². The van der Waals surface area contributed by atoms with E-state index in [2.05, 4.69) is 16.1 Å². The van der Waals surface area contributed by atoms with Crippen molar-refractivity contribution in [1.29, 1.82) is 0 Å². The molecule has 25 heavy (non-hydrogen) atoms. The zero-order valence-electron chi connectivity index (χ0n) is 13.8. The highest BCUT2D eigenvalue weighted by molar-refractivity contribution is 6.08. The third kappa shape index (κ3) is 3.21. The summed E-state index contributed by atoms with van der Waals surface area (Å²) in [7, 11) is 0. The van der Waals surface area contributed by atoms with Gasteiger partial charge in [0.05, 0.1) is 6.26 Å². The first kappa shape index (κ1) is 17.0. The summed E-state index contributed by atoms with van der Waals surface area (Å²) in [5, 5.41) is 5.85. The number of imide groups is 1. The minimum absolute atomic E-state index is 0.0656. The Morgan fingerprint density at radius 1 is 1.28 bits per heavy atom. The second-order valence-electron chi connectivity index (χ2n) is 6.36. The zero-order chi connectivity index (χ0) is 18.0. The van der Waals surface area contributed by atoms with Crippen molar-refractivity contribution in [3.05, 3.63) is 24.2 Å². The van der Waals surface area contributed by atoms with Crippen LogP contribution in [0.5, 0.6) is 0 Å². The van der Waals surface area contributed by atoms with Crippen LogP contribution >= 0.6 is 0 Å². The highest BCUT2D eigenvalue weighted by Crippen LogP contribution is 2.32. The molecule has 1 atom stereocenters. The molecule has 0 radical (unpaired) electrons. The van der Waals surface area contributed by atoms with Crippen LogP contribution in [-0.4, -0.2) is 40.3 Å². The van der Waals surface area contributed by atoms with Gasteiger partial charge >= 0.3 is 6.03 Å². The fraction of sp³-hybridized carbons (Fsp3) is 0.500. The topological polar surface area (TPSA) is 121 Å². The quantitative estimate of drug-likeness (QED) is 0.691. The minimum atomic E-state index is -0.957. The average Bonchev–Trinajstić information content (AvgIpc) is 3.20. The summed E-state index contributed by atoms with van der Waals surface area (Å²) in [6.45, 7) is 1.45. The number of carbonyl (C=O) groups is 4. The number of urea groups is 1. The summed E-state index contributed by atoms with van der Waals surface area (Å²) in [4.78, 5) is 48.8. The fourth-order valence-electron chi connectivity index (χ4n) is 3.16. The number of furan rings is 1. The molecule has 1 aromatic rings. The number of amides is 5. The molecule has 1 spiro atoms. The number of rotatable bonds is 4. The second kappa shape index (κ2) is 6.58. The van der Waals surface area contributed by atoms with Crippen molar-refractivity contribution >= 4 is 23.8 Å². The van der Waals surface area contributed by atoms with E-state index in [9.17, 15) is 19.2 Å². The van der Waals surface area contributed by atoms with E-state index >= 15 is 0 Å². The van der Waals surface area contributed by atoms with Crippen molar-refractivity contribution in [1.82, 2.24) is 21.1 Å². The lowest BCUT2D eigenvalue weighted by atomic mass is 9.82. The SMILES string of the molecule is CC(NC(=O)c1ccco1)C(=O)NN1C(=O)NC2(CCCCC2)C1=O. The molecule has 1 saturated carbocycles. The van der Waals surface area contributed by atoms with Crippen LogP contribution in [0, 0.1) is 0 Å². The molecule has 2 fully saturated rings. The molecule has 9 nitrogen and oxygen atoms in total. The molecule has 1 aliphatic carbocycles. The standard InChI is InChI=1S/C16H20N4O5/c1-10(17-13(22)11-6-5-9-25-11)12(21)19-20-14(23)16(18-15(20)24)7-3-2-4-8-16/h5-6,9-10H,2-4,7-8H2,1H3,(H,17,22)(H,18,24)(H,19,21). The summed E-state index contributed by atoms with van der Waals surface area (Å²) >= 11 is 0. The van der Waals surface area contributed by atoms with Gasteiger partial charge in [-0.3, -0.25) is 19.8 Å². The van der Waals surface area contributed by atoms with Crippen LogP contribution in [0.25, 0.3) is 0 Å². The average molecular weight is 348 g/mol. The van der Waals surface area contributed by atoms with Gasteiger partial charge in [0.2, 0.25) is 0 Å². The molecular weight excluding hydrogens is 328 g/mol. The molecule has 1 aliphatic heterocycles. The highest BCUT2D eigenvalue weighted by Gasteiger charge is 2.52. The van der Waals surface area contributed by atoms with E-state index < -0.39 is 35.3 Å². The normalized spacial score (nSPS) is 20.3. The summed E-state index contributed by atoms with van der Waals surface area (Å²) < 4.78 is 4.95. The molecule has 0 aromatic carbocycles. The molecule has 1 unspecified atom stereocenters. The molecule has 1 saturated heterocycles. The molecule has 2 aliphatic rings. The van der Waals surface area contributed by atoms with Crippen LogP contribution in [0.3, 0.4) is 0 Å². The van der Waals surface area contributed by atoms with Crippen molar-refractivity contribution < 1.29 is 23.6 Å². The number of hydrogen-bond donors (Lipinski definition) is 3. The monoisotopic (exact) mass is 348 g/mol. The van der Waals surface area contributed by atoms with Crippen LogP contribution in [0.15, 0.2) is 22.8 Å². The lowest BCUT2D eigenvalue weighted by Crippen LogP contribution is -2.54. The van der Waals surface area contributed by atoms with E-state index in [1.165, 1.54) is 19.3 Å². The molecule has 3 N–H and O–H groups in total. The Kier molecular flexibility index (Phi) is 4.47. The molecule has 2 heterocycles. The Morgan fingerprint density at radius 2 is 2.00 bits per heavy atom. The Hall–Kier alpha value is -2.84. The van der Waals surface area contributed by atoms with Gasteiger partial charge in [0.25, 0.3) is 17.7 Å². The van der Waals surface area contributed by atoms with Crippen molar-refractivity contribution in [2.75, 3.05) is 0 Å². The van der Waals surface area contributed by atoms with E-state index in [1.807, 2.05) is 0 Å². The molecule has 3 rings (SSSR count). The fourth-order valence-corrected chi connectivity index (χ4v) is 3.16. The van der Waals surface area contributed by atoms with E-state index in [0.717, 1.165) is 19.3 Å². The number of nitrogens with zero attached hydrogens (tertiary/aromatic N) is 1. The number of carbonyl (C=O) groups excluding carboxylic acids is 4. The van der Waals surface area contributed by atoms with Crippen LogP contribution in [0.1, 0.15) is 49.6 Å². The molecular formula is C16H20N4O5. The smallest absolute Gasteiger partial charge is 0.344 e. The van der Waals surface area contributed by atoms with Gasteiger partial charge < -0.3 is 15.1 Å². The maximum absolute atomic E-state index is 12.6. The van der Waals surface area contributed by atoms with Crippen LogP contribution in [0.2, 0.25) is 0 Å². The van der Waals surface area contributed by atoms with Gasteiger partial charge in [0.1, 0.15) is 11.6 Å². The largest absolute Gasteiger partial charge is 0.459 e. The first-order valence-electron chi connectivity index (χ1n) is 8.24. The maximum atomic E-state index is 12.6. The first-order valence-corrected chi connectivity index (χ1v) is 8.24. The minimum Gasteiger partial charge on any atom is -0.459 e. The third-order valence-corrected chi connectivity index (χ3v) is 4.58. The van der Waals surface area contributed by atoms with E-state index in [0.29, 0.717) is 17.9 Å². The van der Waals surface area contributed by atoms with Crippen molar-refractivity contribution in [2.24, 2.45) is 0 Å². The summed E-state index contributed by atoms with van der Waals surface area (Å²) in [5.41, 5.74) is 1.37. The van der Waals surface area contributed by atoms with Gasteiger partial charge in [0.15, 0.2) is 5.76 Å². The van der Waals surface area contributed by atoms with Crippen molar-refractivity contribution in [3.8, 4) is 0 Å².